The predicted molar refractivity (Wildman–Crippen MR) is 106 cm³/mol. The van der Waals surface area contributed by atoms with Crippen LogP contribution in [0.25, 0.3) is 4.85 Å². The third-order valence-electron chi connectivity index (χ3n) is 6.97. The van der Waals surface area contributed by atoms with Crippen molar-refractivity contribution in [2.45, 2.75) is 51.5 Å². The first kappa shape index (κ1) is 18.6. The first-order valence-corrected chi connectivity index (χ1v) is 9.78. The molecule has 2 aliphatic carbocycles. The maximum absolute atomic E-state index is 13.2. The Hall–Kier alpha value is -2.74. The molecule has 0 aliphatic heterocycles. The predicted octanol–water partition coefficient (Wildman–Crippen LogP) is 3.76. The Kier molecular flexibility index (Phi) is 4.08. The van der Waals surface area contributed by atoms with Crippen molar-refractivity contribution in [1.29, 1.82) is 0 Å². The molecule has 0 amide bonds. The summed E-state index contributed by atoms with van der Waals surface area (Å²) in [6.07, 6.45) is 2.04. The molecule has 144 valence electrons. The first-order chi connectivity index (χ1) is 13.2. The topological polar surface area (TPSA) is 56.3 Å². The zero-order valence-electron chi connectivity index (χ0n) is 16.8. The summed E-state index contributed by atoms with van der Waals surface area (Å²) < 4.78 is 1.70. The summed E-state index contributed by atoms with van der Waals surface area (Å²) in [5.41, 5.74) is 2.23. The number of aryl methyl sites for hydroxylation is 1. The number of hydrogen-bond acceptors (Lipinski definition) is 3. The molecule has 1 unspecified atom stereocenters. The quantitative estimate of drug-likeness (QED) is 0.593. The number of carbonyl (C=O) groups excluding carboxylic acids is 2. The molecule has 3 atom stereocenters. The van der Waals surface area contributed by atoms with Crippen molar-refractivity contribution >= 4 is 11.6 Å². The molecule has 5 nitrogen and oxygen atoms in total. The van der Waals surface area contributed by atoms with Gasteiger partial charge in [0.1, 0.15) is 5.69 Å². The van der Waals surface area contributed by atoms with Gasteiger partial charge in [-0.2, -0.15) is 5.10 Å². The second kappa shape index (κ2) is 6.13. The molecule has 2 aliphatic rings. The maximum atomic E-state index is 13.2. The maximum Gasteiger partial charge on any atom is 0.282 e. The number of hydrogen-bond donors (Lipinski definition) is 0. The van der Waals surface area contributed by atoms with Crippen molar-refractivity contribution in [1.82, 2.24) is 9.78 Å². The molecular weight excluding hydrogens is 350 g/mol. The van der Waals surface area contributed by atoms with Crippen LogP contribution in [-0.4, -0.2) is 27.4 Å². The van der Waals surface area contributed by atoms with Crippen LogP contribution >= 0.6 is 0 Å². The number of Topliss-reactive ketones (excluding diaryl/α,β-unsaturated/α-hetero) is 1. The van der Waals surface area contributed by atoms with E-state index in [4.69, 9.17) is 11.7 Å². The summed E-state index contributed by atoms with van der Waals surface area (Å²) >= 11 is 0. The van der Waals surface area contributed by atoms with Crippen molar-refractivity contribution in [3.8, 4) is 0 Å². The van der Waals surface area contributed by atoms with Crippen molar-refractivity contribution in [3.63, 3.8) is 0 Å². The molecule has 1 heterocycles. The number of fused-ring (bicyclic) bond motifs is 3. The van der Waals surface area contributed by atoms with Gasteiger partial charge in [-0.3, -0.25) is 14.3 Å². The third-order valence-corrected chi connectivity index (χ3v) is 6.97. The van der Waals surface area contributed by atoms with E-state index in [1.807, 2.05) is 51.2 Å². The SMILES string of the molecule is [C-]#[N+]C1C[C@]2(C)c3nn(C)c(C(=O)c4ccccc4)c3CC[C@H]2C(C)(C)C1=O. The molecule has 1 fully saturated rings. The Balaban J connectivity index is 1.85. The summed E-state index contributed by atoms with van der Waals surface area (Å²) in [4.78, 5) is 29.7. The smallest absolute Gasteiger partial charge is 0.282 e. The van der Waals surface area contributed by atoms with E-state index in [9.17, 15) is 9.59 Å². The van der Waals surface area contributed by atoms with Crippen LogP contribution in [0, 0.1) is 17.9 Å². The van der Waals surface area contributed by atoms with Crippen LogP contribution in [0.2, 0.25) is 0 Å². The molecule has 0 spiro atoms. The zero-order chi connectivity index (χ0) is 20.3. The molecular formula is C23H25N3O2. The van der Waals surface area contributed by atoms with Crippen LogP contribution < -0.4 is 0 Å². The monoisotopic (exact) mass is 375 g/mol. The minimum atomic E-state index is -0.641. The Bertz CT molecular complexity index is 1010. The van der Waals surface area contributed by atoms with Gasteiger partial charge in [0, 0.05) is 35.4 Å². The largest absolute Gasteiger partial charge is 0.305 e. The lowest BCUT2D eigenvalue weighted by Gasteiger charge is -2.51. The first-order valence-electron chi connectivity index (χ1n) is 9.78. The van der Waals surface area contributed by atoms with E-state index in [0.717, 1.165) is 24.1 Å². The molecule has 5 heteroatoms. The minimum absolute atomic E-state index is 0.0215. The second-order valence-corrected chi connectivity index (χ2v) is 8.94. The van der Waals surface area contributed by atoms with Gasteiger partial charge in [-0.25, -0.2) is 6.57 Å². The summed E-state index contributed by atoms with van der Waals surface area (Å²) in [5, 5.41) is 4.79. The molecule has 0 saturated heterocycles. The molecule has 0 N–H and O–H groups in total. The lowest BCUT2D eigenvalue weighted by atomic mass is 9.50. The van der Waals surface area contributed by atoms with Crippen LogP contribution in [-0.2, 0) is 23.7 Å². The standard InChI is InChI=1S/C23H25N3O2/c1-22(2)17-12-11-15-18(19(27)14-9-7-6-8-10-14)26(5)25-20(15)23(17,3)13-16(24-4)21(22)28/h6-10,16-17H,11-13H2,1-3,5H3/t16?,17-,23-/m0/s1. The fourth-order valence-corrected chi connectivity index (χ4v) is 5.64. The van der Waals surface area contributed by atoms with Gasteiger partial charge < -0.3 is 4.85 Å². The minimum Gasteiger partial charge on any atom is -0.305 e. The fraction of sp³-hybridized carbons (Fsp3) is 0.478. The zero-order valence-corrected chi connectivity index (χ0v) is 16.8. The summed E-state index contributed by atoms with van der Waals surface area (Å²) in [5.74, 6) is 0.143. The average molecular weight is 375 g/mol. The van der Waals surface area contributed by atoms with E-state index < -0.39 is 11.5 Å². The number of rotatable bonds is 2. The lowest BCUT2D eigenvalue weighted by Crippen LogP contribution is -2.56. The van der Waals surface area contributed by atoms with E-state index >= 15 is 0 Å². The highest BCUT2D eigenvalue weighted by molar-refractivity contribution is 6.09. The summed E-state index contributed by atoms with van der Waals surface area (Å²) in [6.45, 7) is 13.6. The van der Waals surface area contributed by atoms with E-state index in [-0.39, 0.29) is 22.9 Å². The number of ketones is 2. The normalized spacial score (nSPS) is 28.2. The number of carbonyl (C=O) groups is 2. The van der Waals surface area contributed by atoms with Crippen molar-refractivity contribution in [2.24, 2.45) is 18.4 Å². The number of benzene rings is 1. The van der Waals surface area contributed by atoms with Crippen LogP contribution in [0.4, 0.5) is 0 Å². The van der Waals surface area contributed by atoms with Crippen LogP contribution in [0.1, 0.15) is 60.9 Å². The van der Waals surface area contributed by atoms with E-state index in [0.29, 0.717) is 17.7 Å². The van der Waals surface area contributed by atoms with Crippen molar-refractivity contribution < 1.29 is 9.59 Å². The third kappa shape index (κ3) is 2.40. The van der Waals surface area contributed by atoms with Gasteiger partial charge in [0.2, 0.25) is 11.6 Å². The van der Waals surface area contributed by atoms with E-state index in [1.54, 1.807) is 4.68 Å². The van der Waals surface area contributed by atoms with Gasteiger partial charge in [-0.15, -0.1) is 0 Å². The molecule has 4 rings (SSSR count). The van der Waals surface area contributed by atoms with Gasteiger partial charge in [-0.1, -0.05) is 51.1 Å². The molecule has 28 heavy (non-hydrogen) atoms. The van der Waals surface area contributed by atoms with Gasteiger partial charge >= 0.3 is 0 Å². The van der Waals surface area contributed by atoms with Crippen molar-refractivity contribution in [2.75, 3.05) is 0 Å². The highest BCUT2D eigenvalue weighted by Crippen LogP contribution is 2.56. The Labute approximate surface area is 165 Å². The molecule has 2 aromatic rings. The second-order valence-electron chi connectivity index (χ2n) is 8.94. The average Bonchev–Trinajstić information content (AvgIpc) is 3.02. The van der Waals surface area contributed by atoms with Crippen LogP contribution in [0.3, 0.4) is 0 Å². The molecule has 0 bridgehead atoms. The molecule has 1 aromatic carbocycles. The Morgan fingerprint density at radius 3 is 2.57 bits per heavy atom. The summed E-state index contributed by atoms with van der Waals surface area (Å²) in [6, 6.07) is 8.63. The molecule has 1 aromatic heterocycles. The highest BCUT2D eigenvalue weighted by Gasteiger charge is 2.61. The van der Waals surface area contributed by atoms with E-state index in [1.165, 1.54) is 0 Å². The summed E-state index contributed by atoms with van der Waals surface area (Å²) in [7, 11) is 1.82. The van der Waals surface area contributed by atoms with Crippen molar-refractivity contribution in [3.05, 3.63) is 64.3 Å². The van der Waals surface area contributed by atoms with E-state index in [2.05, 4.69) is 11.8 Å². The lowest BCUT2D eigenvalue weighted by molar-refractivity contribution is -0.137. The highest BCUT2D eigenvalue weighted by atomic mass is 16.1. The molecule has 0 radical (unpaired) electrons. The Morgan fingerprint density at radius 2 is 1.93 bits per heavy atom. The van der Waals surface area contributed by atoms with Crippen LogP contribution in [0.15, 0.2) is 30.3 Å². The van der Waals surface area contributed by atoms with Gasteiger partial charge in [0.05, 0.1) is 5.69 Å². The number of nitrogens with zero attached hydrogens (tertiary/aromatic N) is 3. The Morgan fingerprint density at radius 1 is 1.25 bits per heavy atom. The van der Waals surface area contributed by atoms with Gasteiger partial charge in [0.15, 0.2) is 0 Å². The van der Waals surface area contributed by atoms with Gasteiger partial charge in [0.25, 0.3) is 6.04 Å². The van der Waals surface area contributed by atoms with Gasteiger partial charge in [-0.05, 0) is 18.8 Å². The number of aromatic nitrogens is 2. The fourth-order valence-electron chi connectivity index (χ4n) is 5.64. The molecule has 1 saturated carbocycles. The van der Waals surface area contributed by atoms with Crippen LogP contribution in [0.5, 0.6) is 0 Å².